The third kappa shape index (κ3) is 4.90. The van der Waals surface area contributed by atoms with Crippen molar-refractivity contribution in [3.8, 4) is 0 Å². The zero-order valence-electron chi connectivity index (χ0n) is 17.5. The van der Waals surface area contributed by atoms with Crippen molar-refractivity contribution in [1.82, 2.24) is 5.32 Å². The van der Waals surface area contributed by atoms with E-state index in [2.05, 4.69) is 10.6 Å². The smallest absolute Gasteiger partial charge is 0.412 e. The van der Waals surface area contributed by atoms with Gasteiger partial charge in [0.15, 0.2) is 6.10 Å². The van der Waals surface area contributed by atoms with E-state index in [1.165, 1.54) is 6.07 Å². The lowest BCUT2D eigenvalue weighted by Crippen LogP contribution is -2.44. The van der Waals surface area contributed by atoms with Gasteiger partial charge in [0.2, 0.25) is 0 Å². The molecule has 2 aliphatic heterocycles. The number of ether oxygens (including phenoxy) is 4. The van der Waals surface area contributed by atoms with Crippen LogP contribution in [0.3, 0.4) is 0 Å². The van der Waals surface area contributed by atoms with Crippen LogP contribution in [0.15, 0.2) is 54.6 Å². The van der Waals surface area contributed by atoms with Gasteiger partial charge in [-0.25, -0.2) is 9.59 Å². The van der Waals surface area contributed by atoms with E-state index in [4.69, 9.17) is 18.9 Å². The van der Waals surface area contributed by atoms with Crippen LogP contribution in [0.25, 0.3) is 0 Å². The molecular weight excluding hydrogens is 416 g/mol. The molecule has 2 fully saturated rings. The summed E-state index contributed by atoms with van der Waals surface area (Å²) in [6.07, 6.45) is -2.20. The highest BCUT2D eigenvalue weighted by Gasteiger charge is 2.50. The highest BCUT2D eigenvalue weighted by Crippen LogP contribution is 2.29. The quantitative estimate of drug-likeness (QED) is 0.663. The minimum absolute atomic E-state index is 0.156. The first kappa shape index (κ1) is 21.8. The number of benzene rings is 2. The SMILES string of the molecule is CCOC(=O)c1cccc(NC(=O)O[C@H]2CO[C@@H]3[C@@H]2OC[C@@H]3NC(=O)c2ccccc2)c1. The highest BCUT2D eigenvalue weighted by atomic mass is 16.6. The van der Waals surface area contributed by atoms with Crippen LogP contribution in [0.4, 0.5) is 10.5 Å². The second kappa shape index (κ2) is 9.80. The number of amides is 2. The van der Waals surface area contributed by atoms with Gasteiger partial charge in [-0.15, -0.1) is 0 Å². The van der Waals surface area contributed by atoms with E-state index in [0.717, 1.165) is 0 Å². The van der Waals surface area contributed by atoms with Gasteiger partial charge in [-0.3, -0.25) is 10.1 Å². The lowest BCUT2D eigenvalue weighted by atomic mass is 10.1. The van der Waals surface area contributed by atoms with Crippen LogP contribution in [0.2, 0.25) is 0 Å². The van der Waals surface area contributed by atoms with Crippen molar-refractivity contribution in [2.75, 3.05) is 25.1 Å². The molecule has 2 N–H and O–H groups in total. The van der Waals surface area contributed by atoms with Crippen molar-refractivity contribution in [3.05, 3.63) is 65.7 Å². The van der Waals surface area contributed by atoms with E-state index in [1.807, 2.05) is 6.07 Å². The van der Waals surface area contributed by atoms with E-state index in [9.17, 15) is 14.4 Å². The summed E-state index contributed by atoms with van der Waals surface area (Å²) in [4.78, 5) is 36.7. The number of hydrogen-bond acceptors (Lipinski definition) is 7. The third-order valence-corrected chi connectivity index (χ3v) is 5.24. The van der Waals surface area contributed by atoms with E-state index in [-0.39, 0.29) is 31.8 Å². The molecule has 32 heavy (non-hydrogen) atoms. The van der Waals surface area contributed by atoms with Gasteiger partial charge in [-0.05, 0) is 37.3 Å². The molecule has 2 amide bonds. The summed E-state index contributed by atoms with van der Waals surface area (Å²) in [6.45, 7) is 2.40. The van der Waals surface area contributed by atoms with Crippen LogP contribution in [0.5, 0.6) is 0 Å². The molecule has 0 spiro atoms. The number of carbonyl (C=O) groups excluding carboxylic acids is 3. The van der Waals surface area contributed by atoms with Gasteiger partial charge in [0.25, 0.3) is 5.91 Å². The van der Waals surface area contributed by atoms with Gasteiger partial charge in [-0.2, -0.15) is 0 Å². The van der Waals surface area contributed by atoms with Gasteiger partial charge in [0.05, 0.1) is 31.4 Å². The minimum Gasteiger partial charge on any atom is -0.462 e. The fourth-order valence-electron chi connectivity index (χ4n) is 3.75. The molecule has 9 heteroatoms. The van der Waals surface area contributed by atoms with E-state index < -0.39 is 30.4 Å². The monoisotopic (exact) mass is 440 g/mol. The van der Waals surface area contributed by atoms with Gasteiger partial charge in [0, 0.05) is 11.3 Å². The molecule has 2 aromatic carbocycles. The van der Waals surface area contributed by atoms with Crippen LogP contribution in [-0.2, 0) is 18.9 Å². The maximum atomic E-state index is 12.4. The molecule has 2 aromatic rings. The van der Waals surface area contributed by atoms with Crippen molar-refractivity contribution in [2.45, 2.75) is 31.3 Å². The van der Waals surface area contributed by atoms with Crippen molar-refractivity contribution in [3.63, 3.8) is 0 Å². The van der Waals surface area contributed by atoms with Crippen molar-refractivity contribution < 1.29 is 33.3 Å². The topological polar surface area (TPSA) is 112 Å². The number of hydrogen-bond donors (Lipinski definition) is 2. The maximum Gasteiger partial charge on any atom is 0.412 e. The average Bonchev–Trinajstić information content (AvgIpc) is 3.38. The first-order valence-corrected chi connectivity index (χ1v) is 10.4. The Morgan fingerprint density at radius 1 is 0.969 bits per heavy atom. The largest absolute Gasteiger partial charge is 0.462 e. The number of anilines is 1. The molecule has 0 aromatic heterocycles. The molecular formula is C23H24N2O7. The molecule has 0 aliphatic carbocycles. The summed E-state index contributed by atoms with van der Waals surface area (Å²) >= 11 is 0. The first-order chi connectivity index (χ1) is 15.5. The standard InChI is InChI=1S/C23H24N2O7/c1-2-29-22(27)15-9-6-10-16(11-15)24-23(28)32-18-13-31-19-17(12-30-20(18)19)25-21(26)14-7-4-3-5-8-14/h3-11,17-20H,2,12-13H2,1H3,(H,24,28)(H,25,26)/t17-,18-,19-,20+/m0/s1. The maximum absolute atomic E-state index is 12.4. The van der Waals surface area contributed by atoms with Gasteiger partial charge < -0.3 is 24.3 Å². The lowest BCUT2D eigenvalue weighted by Gasteiger charge is -2.18. The second-order valence-electron chi connectivity index (χ2n) is 7.41. The summed E-state index contributed by atoms with van der Waals surface area (Å²) in [5.74, 6) is -0.688. The van der Waals surface area contributed by atoms with Crippen LogP contribution in [0, 0.1) is 0 Å². The molecule has 0 unspecified atom stereocenters. The van der Waals surface area contributed by atoms with Crippen LogP contribution in [0.1, 0.15) is 27.6 Å². The Bertz CT molecular complexity index is 981. The summed E-state index contributed by atoms with van der Waals surface area (Å²) in [7, 11) is 0. The Kier molecular flexibility index (Phi) is 6.67. The number of carbonyl (C=O) groups is 3. The van der Waals surface area contributed by atoms with Gasteiger partial charge >= 0.3 is 12.1 Å². The predicted octanol–water partition coefficient (Wildman–Crippen LogP) is 2.38. The number of nitrogens with one attached hydrogen (secondary N) is 2. The molecule has 0 saturated carbocycles. The van der Waals surface area contributed by atoms with Crippen LogP contribution >= 0.6 is 0 Å². The Balaban J connectivity index is 1.31. The van der Waals surface area contributed by atoms with E-state index in [1.54, 1.807) is 49.4 Å². The molecule has 2 heterocycles. The first-order valence-electron chi connectivity index (χ1n) is 10.4. The number of fused-ring (bicyclic) bond motifs is 1. The zero-order valence-corrected chi connectivity index (χ0v) is 17.5. The van der Waals surface area contributed by atoms with E-state index >= 15 is 0 Å². The Morgan fingerprint density at radius 2 is 1.72 bits per heavy atom. The molecule has 2 saturated heterocycles. The Hall–Kier alpha value is -3.43. The normalized spacial score (nSPS) is 23.8. The molecule has 4 rings (SSSR count). The van der Waals surface area contributed by atoms with Crippen molar-refractivity contribution >= 4 is 23.7 Å². The highest BCUT2D eigenvalue weighted by molar-refractivity contribution is 5.94. The summed E-state index contributed by atoms with van der Waals surface area (Å²) in [6, 6.07) is 14.9. The van der Waals surface area contributed by atoms with Crippen LogP contribution in [-0.4, -0.2) is 62.1 Å². The van der Waals surface area contributed by atoms with Gasteiger partial charge in [-0.1, -0.05) is 24.3 Å². The van der Waals surface area contributed by atoms with Crippen LogP contribution < -0.4 is 10.6 Å². The number of rotatable bonds is 6. The molecule has 0 radical (unpaired) electrons. The molecule has 2 aliphatic rings. The molecule has 4 atom stereocenters. The molecule has 9 nitrogen and oxygen atoms in total. The van der Waals surface area contributed by atoms with Gasteiger partial charge in [0.1, 0.15) is 12.2 Å². The molecule has 0 bridgehead atoms. The summed E-state index contributed by atoms with van der Waals surface area (Å²) in [5, 5.41) is 5.52. The predicted molar refractivity (Wildman–Crippen MR) is 113 cm³/mol. The second-order valence-corrected chi connectivity index (χ2v) is 7.41. The fourth-order valence-corrected chi connectivity index (χ4v) is 3.75. The van der Waals surface area contributed by atoms with Crippen molar-refractivity contribution in [2.24, 2.45) is 0 Å². The Labute approximate surface area is 185 Å². The Morgan fingerprint density at radius 3 is 2.50 bits per heavy atom. The zero-order chi connectivity index (χ0) is 22.5. The van der Waals surface area contributed by atoms with Crippen molar-refractivity contribution in [1.29, 1.82) is 0 Å². The average molecular weight is 440 g/mol. The molecule has 168 valence electrons. The summed E-state index contributed by atoms with van der Waals surface area (Å²) in [5.41, 5.74) is 1.27. The number of esters is 1. The third-order valence-electron chi connectivity index (χ3n) is 5.24. The summed E-state index contributed by atoms with van der Waals surface area (Å²) < 4.78 is 22.0. The van der Waals surface area contributed by atoms with E-state index in [0.29, 0.717) is 16.8 Å². The lowest BCUT2D eigenvalue weighted by molar-refractivity contribution is 0.00861. The fraction of sp³-hybridized carbons (Fsp3) is 0.348. The minimum atomic E-state index is -0.694.